The summed E-state index contributed by atoms with van der Waals surface area (Å²) in [6.45, 7) is 1.33. The highest BCUT2D eigenvalue weighted by atomic mass is 32.2. The Morgan fingerprint density at radius 2 is 2.58 bits per heavy atom. The van der Waals surface area contributed by atoms with Crippen molar-refractivity contribution in [3.63, 3.8) is 0 Å². The number of aromatic nitrogens is 3. The van der Waals surface area contributed by atoms with Crippen molar-refractivity contribution in [2.45, 2.75) is 5.25 Å². The number of hydrogen-bond donors (Lipinski definition) is 2. The van der Waals surface area contributed by atoms with Gasteiger partial charge in [-0.3, -0.25) is 15.2 Å². The van der Waals surface area contributed by atoms with Gasteiger partial charge in [0.2, 0.25) is 0 Å². The summed E-state index contributed by atoms with van der Waals surface area (Å²) in [5.74, 6) is 0.930. The second kappa shape index (κ2) is 4.96. The summed E-state index contributed by atoms with van der Waals surface area (Å²) in [7, 11) is 0. The predicted molar refractivity (Wildman–Crippen MR) is 67.4 cm³/mol. The van der Waals surface area contributed by atoms with Crippen LogP contribution in [0.1, 0.15) is 10.5 Å². The van der Waals surface area contributed by atoms with Crippen molar-refractivity contribution in [3.05, 3.63) is 35.8 Å². The molecule has 0 spiro atoms. The van der Waals surface area contributed by atoms with Gasteiger partial charge >= 0.3 is 0 Å². The number of nitrogens with zero attached hydrogens (tertiary/aromatic N) is 3. The number of nitrogens with one attached hydrogen (secondary N) is 2. The molecule has 1 saturated heterocycles. The third-order valence-corrected chi connectivity index (χ3v) is 4.13. The third-order valence-electron chi connectivity index (χ3n) is 2.95. The van der Waals surface area contributed by atoms with Crippen LogP contribution in [-0.2, 0) is 0 Å². The molecule has 0 amide bonds. The maximum Gasteiger partial charge on any atom is 0.286 e. The van der Waals surface area contributed by atoms with Gasteiger partial charge in [0.1, 0.15) is 0 Å². The Balaban J connectivity index is 1.75. The molecule has 1 fully saturated rings. The van der Waals surface area contributed by atoms with Crippen LogP contribution in [0.25, 0.3) is 0 Å². The zero-order valence-electron chi connectivity index (χ0n) is 10.1. The molecule has 2 N–H and O–H groups in total. The van der Waals surface area contributed by atoms with Crippen LogP contribution >= 0.6 is 11.8 Å². The third kappa shape index (κ3) is 2.43. The van der Waals surface area contributed by atoms with E-state index in [1.807, 2.05) is 11.1 Å². The van der Waals surface area contributed by atoms with E-state index in [9.17, 15) is 4.79 Å². The predicted octanol–water partition coefficient (Wildman–Crippen LogP) is -0.732. The smallest absolute Gasteiger partial charge is 0.286 e. The largest absolute Gasteiger partial charge is 0.380 e. The quantitative estimate of drug-likeness (QED) is 0.571. The van der Waals surface area contributed by atoms with Crippen molar-refractivity contribution < 1.29 is 14.1 Å². The maximum absolute atomic E-state index is 12.3. The summed E-state index contributed by atoms with van der Waals surface area (Å²) >= 11 is 1.64. The standard InChI is InChI=1S/C11H13N5O2S/c12-10-7-16(14-18-10)15-4-5-19-9(6-15)11(17)8-2-1-3-13-8/h1-3,7,9,12-13H,4-6H2. The molecule has 0 radical (unpaired) electrons. The minimum absolute atomic E-state index is 0.00507. The molecule has 1 unspecified atom stereocenters. The first-order valence-corrected chi connectivity index (χ1v) is 6.93. The second-order valence-electron chi connectivity index (χ2n) is 4.21. The van der Waals surface area contributed by atoms with Gasteiger partial charge in [-0.25, -0.2) is 0 Å². The molecule has 0 aromatic carbocycles. The van der Waals surface area contributed by atoms with Gasteiger partial charge in [-0.1, -0.05) is 4.79 Å². The Morgan fingerprint density at radius 3 is 3.26 bits per heavy atom. The van der Waals surface area contributed by atoms with Crippen molar-refractivity contribution in [2.75, 3.05) is 23.9 Å². The van der Waals surface area contributed by atoms with Crippen LogP contribution in [-0.4, -0.2) is 34.9 Å². The number of rotatable bonds is 3. The average molecular weight is 279 g/mol. The minimum atomic E-state index is -0.134. The van der Waals surface area contributed by atoms with Gasteiger partial charge in [-0.05, 0) is 23.2 Å². The molecule has 0 bridgehead atoms. The highest BCUT2D eigenvalue weighted by Crippen LogP contribution is 2.19. The van der Waals surface area contributed by atoms with Crippen LogP contribution < -0.4 is 20.6 Å². The molecule has 8 heteroatoms. The fourth-order valence-electron chi connectivity index (χ4n) is 2.01. The lowest BCUT2D eigenvalue weighted by molar-refractivity contribution is -0.763. The minimum Gasteiger partial charge on any atom is -0.380 e. The Morgan fingerprint density at radius 1 is 1.68 bits per heavy atom. The van der Waals surface area contributed by atoms with E-state index >= 15 is 0 Å². The first-order valence-electron chi connectivity index (χ1n) is 5.89. The van der Waals surface area contributed by atoms with Gasteiger partial charge in [0.15, 0.2) is 5.78 Å². The summed E-state index contributed by atoms with van der Waals surface area (Å²) in [4.78, 5) is 16.7. The van der Waals surface area contributed by atoms with Crippen molar-refractivity contribution in [1.82, 2.24) is 10.3 Å². The zero-order valence-corrected chi connectivity index (χ0v) is 10.9. The summed E-state index contributed by atoms with van der Waals surface area (Å²) < 4.78 is 4.73. The van der Waals surface area contributed by atoms with Gasteiger partial charge in [0, 0.05) is 19.3 Å². The van der Waals surface area contributed by atoms with Crippen LogP contribution in [0.15, 0.2) is 29.0 Å². The van der Waals surface area contributed by atoms with Gasteiger partial charge in [0.05, 0.1) is 10.9 Å². The second-order valence-corrected chi connectivity index (χ2v) is 5.52. The molecule has 0 saturated carbocycles. The van der Waals surface area contributed by atoms with Gasteiger partial charge in [-0.2, -0.15) is 0 Å². The maximum atomic E-state index is 12.3. The number of carbonyl (C=O) groups is 1. The summed E-state index contributed by atoms with van der Waals surface area (Å²) in [5, 5.41) is 12.8. The number of H-pyrrole nitrogens is 1. The van der Waals surface area contributed by atoms with Crippen LogP contribution in [0.4, 0.5) is 0 Å². The molecule has 100 valence electrons. The Hall–Kier alpha value is -1.96. The molecule has 2 aromatic heterocycles. The van der Waals surface area contributed by atoms with E-state index in [1.54, 1.807) is 24.0 Å². The van der Waals surface area contributed by atoms with E-state index < -0.39 is 0 Å². The lowest BCUT2D eigenvalue weighted by Crippen LogP contribution is -2.65. The average Bonchev–Trinajstić information content (AvgIpc) is 3.09. The number of thioether (sulfide) groups is 1. The molecule has 1 aliphatic rings. The van der Waals surface area contributed by atoms with E-state index in [1.165, 1.54) is 11.0 Å². The Kier molecular flexibility index (Phi) is 3.16. The molecule has 3 rings (SSSR count). The monoisotopic (exact) mass is 279 g/mol. The Labute approximate surface area is 113 Å². The number of Topliss-reactive ketones (excluding diaryl/α,β-unsaturated/α-hetero) is 1. The Bertz CT molecular complexity index is 617. The molecule has 19 heavy (non-hydrogen) atoms. The van der Waals surface area contributed by atoms with Gasteiger partial charge in [-0.15, -0.1) is 11.8 Å². The highest BCUT2D eigenvalue weighted by Gasteiger charge is 2.27. The van der Waals surface area contributed by atoms with Gasteiger partial charge < -0.3 is 9.51 Å². The zero-order chi connectivity index (χ0) is 13.2. The summed E-state index contributed by atoms with van der Waals surface area (Å²) in [6, 6.07) is 3.60. The molecular weight excluding hydrogens is 266 g/mol. The molecular formula is C11H13N5O2S. The van der Waals surface area contributed by atoms with Crippen molar-refractivity contribution in [3.8, 4) is 0 Å². The summed E-state index contributed by atoms with van der Waals surface area (Å²) in [6.07, 6.45) is 3.24. The van der Waals surface area contributed by atoms with E-state index in [-0.39, 0.29) is 16.6 Å². The molecule has 7 nitrogen and oxygen atoms in total. The summed E-state index contributed by atoms with van der Waals surface area (Å²) in [5.41, 5.74) is 0.635. The first kappa shape index (κ1) is 12.1. The van der Waals surface area contributed by atoms with Crippen LogP contribution in [0.2, 0.25) is 0 Å². The fourth-order valence-corrected chi connectivity index (χ4v) is 3.17. The normalized spacial score (nSPS) is 19.6. The van der Waals surface area contributed by atoms with Gasteiger partial charge in [0.25, 0.3) is 11.8 Å². The van der Waals surface area contributed by atoms with E-state index in [4.69, 9.17) is 9.93 Å². The van der Waals surface area contributed by atoms with Crippen LogP contribution in [0, 0.1) is 5.41 Å². The number of hydrogen-bond acceptors (Lipinski definition) is 5. The molecule has 3 heterocycles. The lowest BCUT2D eigenvalue weighted by atomic mass is 10.2. The number of ketones is 1. The number of aromatic amines is 1. The van der Waals surface area contributed by atoms with Crippen molar-refractivity contribution in [1.29, 1.82) is 5.41 Å². The van der Waals surface area contributed by atoms with E-state index in [0.717, 1.165) is 12.3 Å². The van der Waals surface area contributed by atoms with E-state index in [0.29, 0.717) is 12.2 Å². The fraction of sp³-hybridized carbons (Fsp3) is 0.364. The van der Waals surface area contributed by atoms with Crippen LogP contribution in [0.5, 0.6) is 0 Å². The van der Waals surface area contributed by atoms with Crippen molar-refractivity contribution >= 4 is 17.5 Å². The highest BCUT2D eigenvalue weighted by molar-refractivity contribution is 8.00. The van der Waals surface area contributed by atoms with Crippen LogP contribution in [0.3, 0.4) is 0 Å². The van der Waals surface area contributed by atoms with E-state index in [2.05, 4.69) is 10.3 Å². The van der Waals surface area contributed by atoms with Crippen molar-refractivity contribution in [2.24, 2.45) is 0 Å². The first-order chi connectivity index (χ1) is 9.24. The lowest BCUT2D eigenvalue weighted by Gasteiger charge is -2.31. The molecule has 0 aliphatic carbocycles. The molecule has 1 atom stereocenters. The topological polar surface area (TPSA) is 91.1 Å². The SMILES string of the molecule is N=c1c[n+](N2CCSC(C(=O)c3ccc[nH]3)C2)[n-]o1. The number of carbonyl (C=O) groups excluding carboxylic acids is 1. The molecule has 2 aromatic rings. The molecule has 1 aliphatic heterocycles.